The van der Waals surface area contributed by atoms with Gasteiger partial charge < -0.3 is 5.73 Å². The van der Waals surface area contributed by atoms with Gasteiger partial charge in [-0.05, 0) is 16.9 Å². The fraction of sp³-hybridized carbons (Fsp3) is 0.471. The highest BCUT2D eigenvalue weighted by atomic mass is 35.5. The monoisotopic (exact) mass is 303 g/mol. The highest BCUT2D eigenvalue weighted by Gasteiger charge is 2.66. The maximum atomic E-state index is 6.39. The summed E-state index contributed by atoms with van der Waals surface area (Å²) in [6.07, 6.45) is 0. The van der Waals surface area contributed by atoms with E-state index < -0.39 is 0 Å². The van der Waals surface area contributed by atoms with Crippen molar-refractivity contribution in [3.8, 4) is 11.1 Å². The Balaban J connectivity index is 2.22. The predicted octanol–water partition coefficient (Wildman–Crippen LogP) is 4.47. The lowest BCUT2D eigenvalue weighted by Crippen LogP contribution is -1.98. The van der Waals surface area contributed by atoms with E-state index in [-0.39, 0.29) is 10.8 Å². The van der Waals surface area contributed by atoms with Crippen molar-refractivity contribution in [1.29, 1.82) is 0 Å². The van der Waals surface area contributed by atoms with Crippen molar-refractivity contribution in [3.05, 3.63) is 35.0 Å². The Morgan fingerprint density at radius 1 is 1.14 bits per heavy atom. The molecule has 112 valence electrons. The number of nitrogen functional groups attached to an aromatic ring is 1. The molecule has 2 aromatic rings. The minimum atomic E-state index is 0.212. The maximum Gasteiger partial charge on any atom is 0.129 e. The van der Waals surface area contributed by atoms with E-state index >= 15 is 0 Å². The van der Waals surface area contributed by atoms with Crippen molar-refractivity contribution >= 4 is 17.4 Å². The molecule has 0 bridgehead atoms. The summed E-state index contributed by atoms with van der Waals surface area (Å²) >= 11 is 6.39. The SMILES string of the molecule is Cn1nc(C2C(C)(C)C2(C)C)c(-c2ccccc2Cl)c1N. The van der Waals surface area contributed by atoms with Crippen LogP contribution in [0.1, 0.15) is 39.3 Å². The zero-order valence-electron chi connectivity index (χ0n) is 13.2. The van der Waals surface area contributed by atoms with Crippen LogP contribution in [0, 0.1) is 10.8 Å². The number of aryl methyl sites for hydroxylation is 1. The molecule has 0 saturated heterocycles. The van der Waals surface area contributed by atoms with Gasteiger partial charge in [0.2, 0.25) is 0 Å². The van der Waals surface area contributed by atoms with E-state index in [1.165, 1.54) is 0 Å². The first kappa shape index (κ1) is 14.5. The largest absolute Gasteiger partial charge is 0.383 e. The molecule has 0 atom stereocenters. The molecule has 0 spiro atoms. The summed E-state index contributed by atoms with van der Waals surface area (Å²) in [6.45, 7) is 9.16. The van der Waals surface area contributed by atoms with E-state index in [4.69, 9.17) is 22.4 Å². The van der Waals surface area contributed by atoms with Crippen LogP contribution in [0.25, 0.3) is 11.1 Å². The molecule has 2 N–H and O–H groups in total. The number of halogens is 1. The molecule has 0 amide bonds. The molecule has 1 fully saturated rings. The van der Waals surface area contributed by atoms with E-state index in [0.29, 0.717) is 11.7 Å². The smallest absolute Gasteiger partial charge is 0.129 e. The van der Waals surface area contributed by atoms with E-state index in [1.54, 1.807) is 4.68 Å². The van der Waals surface area contributed by atoms with E-state index in [0.717, 1.165) is 21.8 Å². The highest BCUT2D eigenvalue weighted by molar-refractivity contribution is 6.33. The quantitative estimate of drug-likeness (QED) is 0.889. The van der Waals surface area contributed by atoms with Gasteiger partial charge in [0.15, 0.2) is 0 Å². The summed E-state index contributed by atoms with van der Waals surface area (Å²) in [5.41, 5.74) is 9.74. The Morgan fingerprint density at radius 2 is 1.71 bits per heavy atom. The number of rotatable bonds is 2. The zero-order valence-corrected chi connectivity index (χ0v) is 14.0. The molecular formula is C17H22ClN3. The van der Waals surface area contributed by atoms with Crippen molar-refractivity contribution in [2.75, 3.05) is 5.73 Å². The number of nitrogens with two attached hydrogens (primary N) is 1. The van der Waals surface area contributed by atoms with E-state index in [9.17, 15) is 0 Å². The Morgan fingerprint density at radius 3 is 2.24 bits per heavy atom. The van der Waals surface area contributed by atoms with E-state index in [1.807, 2.05) is 31.3 Å². The number of aromatic nitrogens is 2. The van der Waals surface area contributed by atoms with Crippen LogP contribution in [0.4, 0.5) is 5.82 Å². The first-order chi connectivity index (χ1) is 9.69. The molecule has 0 radical (unpaired) electrons. The highest BCUT2D eigenvalue weighted by Crippen LogP contribution is 2.74. The second kappa shape index (κ2) is 4.26. The van der Waals surface area contributed by atoms with Gasteiger partial charge >= 0.3 is 0 Å². The lowest BCUT2D eigenvalue weighted by Gasteiger charge is -2.07. The van der Waals surface area contributed by atoms with Gasteiger partial charge in [-0.3, -0.25) is 4.68 Å². The van der Waals surface area contributed by atoms with Gasteiger partial charge in [0.05, 0.1) is 5.69 Å². The number of nitrogens with zero attached hydrogens (tertiary/aromatic N) is 2. The molecule has 0 unspecified atom stereocenters. The number of hydrogen-bond donors (Lipinski definition) is 1. The molecule has 1 aliphatic carbocycles. The van der Waals surface area contributed by atoms with Gasteiger partial charge in [-0.2, -0.15) is 5.10 Å². The molecule has 3 rings (SSSR count). The van der Waals surface area contributed by atoms with Gasteiger partial charge in [0, 0.05) is 29.1 Å². The predicted molar refractivity (Wildman–Crippen MR) is 88.4 cm³/mol. The molecule has 21 heavy (non-hydrogen) atoms. The van der Waals surface area contributed by atoms with Crippen LogP contribution < -0.4 is 5.73 Å². The number of anilines is 1. The molecular weight excluding hydrogens is 282 g/mol. The van der Waals surface area contributed by atoms with Crippen LogP contribution in [0.3, 0.4) is 0 Å². The Bertz CT molecular complexity index is 699. The van der Waals surface area contributed by atoms with Crippen LogP contribution in [0.15, 0.2) is 24.3 Å². The fourth-order valence-electron chi connectivity index (χ4n) is 3.58. The zero-order chi connectivity index (χ0) is 15.6. The second-order valence-electron chi connectivity index (χ2n) is 7.13. The van der Waals surface area contributed by atoms with Gasteiger partial charge in [-0.1, -0.05) is 57.5 Å². The van der Waals surface area contributed by atoms with Gasteiger partial charge in [0.25, 0.3) is 0 Å². The average molecular weight is 304 g/mol. The van der Waals surface area contributed by atoms with Gasteiger partial charge in [-0.15, -0.1) is 0 Å². The Labute approximate surface area is 131 Å². The van der Waals surface area contributed by atoms with Crippen LogP contribution in [0.2, 0.25) is 5.02 Å². The molecule has 3 nitrogen and oxygen atoms in total. The molecule has 0 aliphatic heterocycles. The lowest BCUT2D eigenvalue weighted by atomic mass is 9.99. The standard InChI is InChI=1S/C17H22ClN3/c1-16(2)14(17(16,3)4)13-12(15(19)21(5)20-13)10-8-6-7-9-11(10)18/h6-9,14H,19H2,1-5H3. The van der Waals surface area contributed by atoms with Crippen molar-refractivity contribution in [3.63, 3.8) is 0 Å². The third-order valence-electron chi connectivity index (χ3n) is 5.56. The van der Waals surface area contributed by atoms with Crippen molar-refractivity contribution in [1.82, 2.24) is 9.78 Å². The van der Waals surface area contributed by atoms with E-state index in [2.05, 4.69) is 27.7 Å². The minimum Gasteiger partial charge on any atom is -0.383 e. The molecule has 1 saturated carbocycles. The molecule has 4 heteroatoms. The number of hydrogen-bond acceptors (Lipinski definition) is 2. The first-order valence-electron chi connectivity index (χ1n) is 7.27. The van der Waals surface area contributed by atoms with Crippen LogP contribution in [-0.4, -0.2) is 9.78 Å². The summed E-state index contributed by atoms with van der Waals surface area (Å²) in [6, 6.07) is 7.83. The third-order valence-corrected chi connectivity index (χ3v) is 5.89. The summed E-state index contributed by atoms with van der Waals surface area (Å²) in [7, 11) is 1.89. The van der Waals surface area contributed by atoms with Gasteiger partial charge in [0.1, 0.15) is 5.82 Å². The second-order valence-corrected chi connectivity index (χ2v) is 7.53. The van der Waals surface area contributed by atoms with Crippen molar-refractivity contribution in [2.45, 2.75) is 33.6 Å². The third kappa shape index (κ3) is 1.83. The van der Waals surface area contributed by atoms with Crippen LogP contribution >= 0.6 is 11.6 Å². The summed E-state index contributed by atoms with van der Waals surface area (Å²) in [5, 5.41) is 5.43. The van der Waals surface area contributed by atoms with Crippen LogP contribution in [-0.2, 0) is 7.05 Å². The molecule has 1 aromatic heterocycles. The average Bonchev–Trinajstić information content (AvgIpc) is 2.64. The summed E-state index contributed by atoms with van der Waals surface area (Å²) in [4.78, 5) is 0. The Hall–Kier alpha value is -1.48. The Kier molecular flexibility index (Phi) is 2.93. The summed E-state index contributed by atoms with van der Waals surface area (Å²) in [5.74, 6) is 1.07. The summed E-state index contributed by atoms with van der Waals surface area (Å²) < 4.78 is 1.76. The van der Waals surface area contributed by atoms with Gasteiger partial charge in [-0.25, -0.2) is 0 Å². The lowest BCUT2D eigenvalue weighted by molar-refractivity contribution is 0.457. The topological polar surface area (TPSA) is 43.8 Å². The van der Waals surface area contributed by atoms with Crippen molar-refractivity contribution in [2.24, 2.45) is 17.9 Å². The minimum absolute atomic E-state index is 0.212. The number of benzene rings is 1. The van der Waals surface area contributed by atoms with Crippen molar-refractivity contribution < 1.29 is 0 Å². The first-order valence-corrected chi connectivity index (χ1v) is 7.64. The van der Waals surface area contributed by atoms with Crippen LogP contribution in [0.5, 0.6) is 0 Å². The normalized spacial score (nSPS) is 19.7. The fourth-order valence-corrected chi connectivity index (χ4v) is 3.81. The molecule has 1 aromatic carbocycles. The maximum absolute atomic E-state index is 6.39. The molecule has 1 aliphatic rings. The molecule has 1 heterocycles.